The number of carbonyl (C=O) groups excluding carboxylic acids is 1. The fourth-order valence-corrected chi connectivity index (χ4v) is 3.69. The van der Waals surface area contributed by atoms with Gasteiger partial charge in [-0.3, -0.25) is 18.7 Å². The van der Waals surface area contributed by atoms with Crippen LogP contribution in [-0.4, -0.2) is 43.7 Å². The van der Waals surface area contributed by atoms with E-state index in [9.17, 15) is 14.4 Å². The van der Waals surface area contributed by atoms with Crippen molar-refractivity contribution < 1.29 is 4.79 Å². The van der Waals surface area contributed by atoms with Gasteiger partial charge in [0.05, 0.1) is 6.33 Å². The Kier molecular flexibility index (Phi) is 6.10. The molecule has 0 bridgehead atoms. The molecule has 0 radical (unpaired) electrons. The minimum absolute atomic E-state index is 0.00658. The number of hydrogen-bond acceptors (Lipinski definition) is 5. The fraction of sp³-hybridized carbons (Fsp3) is 0.667. The number of imidazole rings is 1. The van der Waals surface area contributed by atoms with Crippen LogP contribution in [0.15, 0.2) is 15.9 Å². The van der Waals surface area contributed by atoms with E-state index < -0.39 is 11.2 Å². The van der Waals surface area contributed by atoms with Gasteiger partial charge in [0.15, 0.2) is 11.2 Å². The molecule has 2 N–H and O–H groups in total. The quantitative estimate of drug-likeness (QED) is 0.540. The zero-order valence-corrected chi connectivity index (χ0v) is 16.0. The van der Waals surface area contributed by atoms with Gasteiger partial charge in [-0.15, -0.1) is 0 Å². The minimum Gasteiger partial charge on any atom is -0.353 e. The lowest BCUT2D eigenvalue weighted by Gasteiger charge is -2.16. The molecule has 9 nitrogen and oxygen atoms in total. The first-order valence-corrected chi connectivity index (χ1v) is 9.60. The minimum atomic E-state index is -0.451. The van der Waals surface area contributed by atoms with Gasteiger partial charge in [-0.1, -0.05) is 25.7 Å². The van der Waals surface area contributed by atoms with Crippen molar-refractivity contribution in [1.82, 2.24) is 29.3 Å². The van der Waals surface area contributed by atoms with Crippen molar-refractivity contribution >= 4 is 17.1 Å². The number of fused-ring (bicyclic) bond motifs is 1. The number of nitrogens with one attached hydrogen (secondary N) is 2. The molecule has 2 heterocycles. The maximum atomic E-state index is 12.4. The summed E-state index contributed by atoms with van der Waals surface area (Å²) in [5.74, 6) is -0.187. The van der Waals surface area contributed by atoms with Gasteiger partial charge >= 0.3 is 5.69 Å². The van der Waals surface area contributed by atoms with Crippen LogP contribution >= 0.6 is 0 Å². The maximum Gasteiger partial charge on any atom is 0.332 e. The molecule has 9 heteroatoms. The Labute approximate surface area is 157 Å². The molecule has 3 rings (SSSR count). The van der Waals surface area contributed by atoms with E-state index in [1.165, 1.54) is 61.0 Å². The van der Waals surface area contributed by atoms with Crippen LogP contribution in [0.1, 0.15) is 38.5 Å². The van der Waals surface area contributed by atoms with Crippen LogP contribution in [0.3, 0.4) is 0 Å². The first-order valence-electron chi connectivity index (χ1n) is 9.60. The molecule has 0 unspecified atom stereocenters. The summed E-state index contributed by atoms with van der Waals surface area (Å²) in [4.78, 5) is 40.7. The van der Waals surface area contributed by atoms with Crippen molar-refractivity contribution in [3.63, 3.8) is 0 Å². The largest absolute Gasteiger partial charge is 0.353 e. The van der Waals surface area contributed by atoms with Crippen molar-refractivity contribution in [2.75, 3.05) is 13.1 Å². The van der Waals surface area contributed by atoms with Crippen LogP contribution in [0.5, 0.6) is 0 Å². The summed E-state index contributed by atoms with van der Waals surface area (Å²) >= 11 is 0. The van der Waals surface area contributed by atoms with Gasteiger partial charge < -0.3 is 15.2 Å². The van der Waals surface area contributed by atoms with Crippen LogP contribution in [0.25, 0.3) is 11.2 Å². The molecule has 0 aliphatic heterocycles. The highest BCUT2D eigenvalue weighted by Crippen LogP contribution is 2.16. The van der Waals surface area contributed by atoms with Crippen molar-refractivity contribution in [3.05, 3.63) is 27.2 Å². The summed E-state index contributed by atoms with van der Waals surface area (Å²) in [5.41, 5.74) is -0.350. The monoisotopic (exact) mass is 376 g/mol. The molecule has 0 saturated heterocycles. The summed E-state index contributed by atoms with van der Waals surface area (Å²) in [5, 5.41) is 6.38. The number of rotatable bonds is 6. The molecule has 0 atom stereocenters. The Morgan fingerprint density at radius 2 is 1.81 bits per heavy atom. The summed E-state index contributed by atoms with van der Waals surface area (Å²) in [7, 11) is 2.97. The van der Waals surface area contributed by atoms with Crippen LogP contribution < -0.4 is 21.9 Å². The molecule has 27 heavy (non-hydrogen) atoms. The molecular weight excluding hydrogens is 348 g/mol. The number of amides is 1. The molecular formula is C18H28N6O3. The third-order valence-electron chi connectivity index (χ3n) is 5.27. The highest BCUT2D eigenvalue weighted by molar-refractivity contribution is 5.78. The lowest BCUT2D eigenvalue weighted by molar-refractivity contribution is -0.121. The van der Waals surface area contributed by atoms with Gasteiger partial charge in [0.2, 0.25) is 5.91 Å². The van der Waals surface area contributed by atoms with Gasteiger partial charge in [0, 0.05) is 33.2 Å². The Morgan fingerprint density at radius 1 is 1.11 bits per heavy atom. The van der Waals surface area contributed by atoms with E-state index in [0.717, 1.165) is 11.1 Å². The third-order valence-corrected chi connectivity index (χ3v) is 5.27. The van der Waals surface area contributed by atoms with E-state index in [-0.39, 0.29) is 23.6 Å². The summed E-state index contributed by atoms with van der Waals surface area (Å²) in [6.07, 6.45) is 9.02. The van der Waals surface area contributed by atoms with Crippen LogP contribution in [0.2, 0.25) is 0 Å². The normalized spacial score (nSPS) is 15.8. The molecule has 0 spiro atoms. The number of aromatic nitrogens is 4. The first-order chi connectivity index (χ1) is 13.0. The Bertz CT molecular complexity index is 918. The Morgan fingerprint density at radius 3 is 2.52 bits per heavy atom. The third kappa shape index (κ3) is 4.29. The molecule has 2 aromatic heterocycles. The lowest BCUT2D eigenvalue weighted by Crippen LogP contribution is -2.39. The number of hydrogen-bond donors (Lipinski definition) is 2. The smallest absolute Gasteiger partial charge is 0.332 e. The molecule has 1 saturated carbocycles. The second-order valence-corrected chi connectivity index (χ2v) is 7.24. The molecule has 0 aromatic carbocycles. The Balaban J connectivity index is 1.57. The van der Waals surface area contributed by atoms with E-state index in [2.05, 4.69) is 15.6 Å². The van der Waals surface area contributed by atoms with E-state index in [1.807, 2.05) is 0 Å². The number of aryl methyl sites for hydroxylation is 1. The van der Waals surface area contributed by atoms with Crippen molar-refractivity contribution in [3.8, 4) is 0 Å². The van der Waals surface area contributed by atoms with Crippen LogP contribution in [0.4, 0.5) is 0 Å². The van der Waals surface area contributed by atoms with Gasteiger partial charge in [-0.05, 0) is 12.8 Å². The molecule has 148 valence electrons. The zero-order chi connectivity index (χ0) is 19.4. The zero-order valence-electron chi connectivity index (χ0n) is 16.0. The van der Waals surface area contributed by atoms with Gasteiger partial charge in [0.25, 0.3) is 5.56 Å². The highest BCUT2D eigenvalue weighted by atomic mass is 16.2. The second-order valence-electron chi connectivity index (χ2n) is 7.24. The molecule has 1 aliphatic carbocycles. The van der Waals surface area contributed by atoms with Crippen molar-refractivity contribution in [1.29, 1.82) is 0 Å². The van der Waals surface area contributed by atoms with Crippen LogP contribution in [-0.2, 0) is 25.4 Å². The number of nitrogens with zero attached hydrogens (tertiary/aromatic N) is 4. The Hall–Kier alpha value is -2.42. The standard InChI is InChI=1S/C18H28N6O3/c1-22-16-15(17(26)23(2)18(22)27)24(12-21-16)11-14(25)20-10-9-19-13-7-5-3-4-6-8-13/h12-13,19H,3-11H2,1-2H3,(H,20,25). The van der Waals surface area contributed by atoms with Gasteiger partial charge in [0.1, 0.15) is 6.54 Å². The predicted octanol–water partition coefficient (Wildman–Crippen LogP) is -0.138. The lowest BCUT2D eigenvalue weighted by atomic mass is 10.1. The summed E-state index contributed by atoms with van der Waals surface area (Å²) in [6.45, 7) is 1.27. The summed E-state index contributed by atoms with van der Waals surface area (Å²) < 4.78 is 3.82. The predicted molar refractivity (Wildman–Crippen MR) is 103 cm³/mol. The topological polar surface area (TPSA) is 103 Å². The SMILES string of the molecule is Cn1c(=O)c2c(ncn2CC(=O)NCCNC2CCCCCC2)n(C)c1=O. The van der Waals surface area contributed by atoms with Crippen molar-refractivity contribution in [2.24, 2.45) is 14.1 Å². The van der Waals surface area contributed by atoms with E-state index in [0.29, 0.717) is 12.6 Å². The molecule has 1 fully saturated rings. The first kappa shape index (κ1) is 19.3. The average Bonchev–Trinajstić information content (AvgIpc) is 2.89. The average molecular weight is 376 g/mol. The fourth-order valence-electron chi connectivity index (χ4n) is 3.69. The second kappa shape index (κ2) is 8.51. The van der Waals surface area contributed by atoms with Gasteiger partial charge in [-0.2, -0.15) is 0 Å². The highest BCUT2D eigenvalue weighted by Gasteiger charge is 2.16. The summed E-state index contributed by atoms with van der Waals surface area (Å²) in [6, 6.07) is 0.548. The van der Waals surface area contributed by atoms with Gasteiger partial charge in [-0.25, -0.2) is 9.78 Å². The van der Waals surface area contributed by atoms with Crippen molar-refractivity contribution in [2.45, 2.75) is 51.1 Å². The molecule has 2 aromatic rings. The molecule has 1 aliphatic rings. The van der Waals surface area contributed by atoms with E-state index >= 15 is 0 Å². The maximum absolute atomic E-state index is 12.4. The van der Waals surface area contributed by atoms with E-state index in [4.69, 9.17) is 0 Å². The van der Waals surface area contributed by atoms with Crippen LogP contribution in [0, 0.1) is 0 Å². The number of carbonyl (C=O) groups is 1. The van der Waals surface area contributed by atoms with E-state index in [1.54, 1.807) is 7.05 Å². The molecule has 1 amide bonds.